The van der Waals surface area contributed by atoms with Gasteiger partial charge >= 0.3 is 6.09 Å². The van der Waals surface area contributed by atoms with Crippen LogP contribution in [0.4, 0.5) is 4.79 Å². The topological polar surface area (TPSA) is 76.7 Å². The standard InChI is InChI=1S/C22H26N2O4/c25-21(23-15-19-12-7-13-27-19)20(14-17-8-3-1-4-9-17)24-22(26)28-16-18-10-5-2-6-11-18/h1-6,8-11,19-20H,7,12-16H2,(H,23,25)(H,24,26)/t19-,20-/m1/s1. The summed E-state index contributed by atoms with van der Waals surface area (Å²) in [6.07, 6.45) is 1.77. The number of amides is 2. The molecule has 2 aromatic carbocycles. The van der Waals surface area contributed by atoms with Crippen molar-refractivity contribution >= 4 is 12.0 Å². The number of nitrogens with one attached hydrogen (secondary N) is 2. The van der Waals surface area contributed by atoms with E-state index in [-0.39, 0.29) is 18.6 Å². The van der Waals surface area contributed by atoms with Crippen LogP contribution in [0.15, 0.2) is 60.7 Å². The van der Waals surface area contributed by atoms with Gasteiger partial charge in [0.05, 0.1) is 6.10 Å². The Bertz CT molecular complexity index is 746. The van der Waals surface area contributed by atoms with Gasteiger partial charge in [0, 0.05) is 19.6 Å². The zero-order valence-electron chi connectivity index (χ0n) is 15.8. The monoisotopic (exact) mass is 382 g/mol. The lowest BCUT2D eigenvalue weighted by atomic mass is 10.1. The molecule has 28 heavy (non-hydrogen) atoms. The Morgan fingerprint density at radius 1 is 1.04 bits per heavy atom. The van der Waals surface area contributed by atoms with E-state index in [1.807, 2.05) is 60.7 Å². The SMILES string of the molecule is O=C(N[C@H](Cc1ccccc1)C(=O)NC[C@H]1CCCO1)OCc1ccccc1. The minimum absolute atomic E-state index is 0.0476. The number of carbonyl (C=O) groups is 2. The summed E-state index contributed by atoms with van der Waals surface area (Å²) in [7, 11) is 0. The van der Waals surface area contributed by atoms with Gasteiger partial charge in [-0.15, -0.1) is 0 Å². The first kappa shape index (κ1) is 19.9. The first-order chi connectivity index (χ1) is 13.7. The number of ether oxygens (including phenoxy) is 2. The lowest BCUT2D eigenvalue weighted by Crippen LogP contribution is -2.49. The molecule has 1 saturated heterocycles. The summed E-state index contributed by atoms with van der Waals surface area (Å²) in [5.41, 5.74) is 1.85. The number of hydrogen-bond acceptors (Lipinski definition) is 4. The van der Waals surface area contributed by atoms with E-state index in [0.29, 0.717) is 13.0 Å². The quantitative estimate of drug-likeness (QED) is 0.736. The molecule has 1 fully saturated rings. The highest BCUT2D eigenvalue weighted by atomic mass is 16.5. The highest BCUT2D eigenvalue weighted by Gasteiger charge is 2.24. The molecule has 148 valence electrons. The van der Waals surface area contributed by atoms with Crippen LogP contribution in [0.1, 0.15) is 24.0 Å². The molecule has 2 amide bonds. The van der Waals surface area contributed by atoms with Crippen LogP contribution in [0, 0.1) is 0 Å². The number of rotatable bonds is 8. The highest BCUT2D eigenvalue weighted by molar-refractivity contribution is 5.85. The van der Waals surface area contributed by atoms with Crippen molar-refractivity contribution in [1.29, 1.82) is 0 Å². The highest BCUT2D eigenvalue weighted by Crippen LogP contribution is 2.11. The van der Waals surface area contributed by atoms with E-state index in [1.165, 1.54) is 0 Å². The Morgan fingerprint density at radius 3 is 2.36 bits per heavy atom. The zero-order valence-corrected chi connectivity index (χ0v) is 15.8. The maximum absolute atomic E-state index is 12.7. The smallest absolute Gasteiger partial charge is 0.408 e. The average molecular weight is 382 g/mol. The van der Waals surface area contributed by atoms with Gasteiger partial charge in [0.15, 0.2) is 0 Å². The van der Waals surface area contributed by atoms with Crippen LogP contribution in [0.3, 0.4) is 0 Å². The molecule has 0 unspecified atom stereocenters. The summed E-state index contributed by atoms with van der Waals surface area (Å²) >= 11 is 0. The third-order valence-electron chi connectivity index (χ3n) is 4.63. The maximum Gasteiger partial charge on any atom is 0.408 e. The molecule has 0 aromatic heterocycles. The zero-order chi connectivity index (χ0) is 19.6. The molecule has 2 aromatic rings. The fourth-order valence-corrected chi connectivity index (χ4v) is 3.11. The minimum Gasteiger partial charge on any atom is -0.445 e. The molecule has 0 bridgehead atoms. The van der Waals surface area contributed by atoms with Crippen LogP contribution in [0.25, 0.3) is 0 Å². The van der Waals surface area contributed by atoms with Crippen LogP contribution in [0.5, 0.6) is 0 Å². The van der Waals surface area contributed by atoms with E-state index in [2.05, 4.69) is 10.6 Å². The third kappa shape index (κ3) is 6.39. The van der Waals surface area contributed by atoms with Gasteiger partial charge in [-0.05, 0) is 24.0 Å². The summed E-state index contributed by atoms with van der Waals surface area (Å²) in [6.45, 7) is 1.34. The molecule has 6 heteroatoms. The average Bonchev–Trinajstić information content (AvgIpc) is 3.25. The Labute approximate surface area is 165 Å². The van der Waals surface area contributed by atoms with Gasteiger partial charge in [0.1, 0.15) is 12.6 Å². The molecule has 0 spiro atoms. The second-order valence-electron chi connectivity index (χ2n) is 6.83. The van der Waals surface area contributed by atoms with E-state index in [1.54, 1.807) is 0 Å². The predicted octanol–water partition coefficient (Wildman–Crippen LogP) is 2.82. The van der Waals surface area contributed by atoms with Gasteiger partial charge in [-0.1, -0.05) is 60.7 Å². The molecule has 2 N–H and O–H groups in total. The van der Waals surface area contributed by atoms with Crippen molar-refractivity contribution in [2.45, 2.75) is 38.0 Å². The Morgan fingerprint density at radius 2 is 1.71 bits per heavy atom. The summed E-state index contributed by atoms with van der Waals surface area (Å²) in [5.74, 6) is -0.240. The molecular formula is C22H26N2O4. The van der Waals surface area contributed by atoms with E-state index < -0.39 is 12.1 Å². The van der Waals surface area contributed by atoms with Crippen molar-refractivity contribution in [3.05, 3.63) is 71.8 Å². The van der Waals surface area contributed by atoms with Crippen molar-refractivity contribution in [2.24, 2.45) is 0 Å². The minimum atomic E-state index is -0.716. The van der Waals surface area contributed by atoms with E-state index in [9.17, 15) is 9.59 Å². The maximum atomic E-state index is 12.7. The third-order valence-corrected chi connectivity index (χ3v) is 4.63. The van der Waals surface area contributed by atoms with Gasteiger partial charge in [-0.2, -0.15) is 0 Å². The lowest BCUT2D eigenvalue weighted by molar-refractivity contribution is -0.123. The molecule has 6 nitrogen and oxygen atoms in total. The fourth-order valence-electron chi connectivity index (χ4n) is 3.11. The molecule has 2 atom stereocenters. The van der Waals surface area contributed by atoms with Crippen molar-refractivity contribution < 1.29 is 19.1 Å². The molecule has 1 aliphatic heterocycles. The predicted molar refractivity (Wildman–Crippen MR) is 106 cm³/mol. The Hall–Kier alpha value is -2.86. The summed E-state index contributed by atoms with van der Waals surface area (Å²) in [6, 6.07) is 18.3. The van der Waals surface area contributed by atoms with Crippen molar-refractivity contribution in [2.75, 3.05) is 13.2 Å². The van der Waals surface area contributed by atoms with Crippen molar-refractivity contribution in [3.8, 4) is 0 Å². The summed E-state index contributed by atoms with van der Waals surface area (Å²) in [4.78, 5) is 24.9. The Balaban J connectivity index is 1.56. The van der Waals surface area contributed by atoms with E-state index in [4.69, 9.17) is 9.47 Å². The molecule has 0 radical (unpaired) electrons. The molecule has 1 heterocycles. The van der Waals surface area contributed by atoms with Crippen LogP contribution in [0.2, 0.25) is 0 Å². The van der Waals surface area contributed by atoms with E-state index >= 15 is 0 Å². The van der Waals surface area contributed by atoms with Crippen molar-refractivity contribution in [1.82, 2.24) is 10.6 Å². The van der Waals surface area contributed by atoms with Crippen molar-refractivity contribution in [3.63, 3.8) is 0 Å². The second-order valence-corrected chi connectivity index (χ2v) is 6.83. The molecule has 1 aliphatic rings. The van der Waals surface area contributed by atoms with Gasteiger partial charge in [0.25, 0.3) is 0 Å². The first-order valence-electron chi connectivity index (χ1n) is 9.61. The van der Waals surface area contributed by atoms with Gasteiger partial charge in [0.2, 0.25) is 5.91 Å². The van der Waals surface area contributed by atoms with E-state index in [0.717, 1.165) is 30.6 Å². The van der Waals surface area contributed by atoms with Crippen LogP contribution < -0.4 is 10.6 Å². The van der Waals surface area contributed by atoms with Gasteiger partial charge in [-0.25, -0.2) is 4.79 Å². The fraction of sp³-hybridized carbons (Fsp3) is 0.364. The summed E-state index contributed by atoms with van der Waals surface area (Å²) in [5, 5.41) is 5.59. The summed E-state index contributed by atoms with van der Waals surface area (Å²) < 4.78 is 10.8. The normalized spacial score (nSPS) is 16.9. The lowest BCUT2D eigenvalue weighted by Gasteiger charge is -2.20. The largest absolute Gasteiger partial charge is 0.445 e. The molecule has 0 saturated carbocycles. The first-order valence-corrected chi connectivity index (χ1v) is 9.61. The second kappa shape index (κ2) is 10.5. The van der Waals surface area contributed by atoms with Gasteiger partial charge in [-0.3, -0.25) is 4.79 Å². The van der Waals surface area contributed by atoms with Crippen LogP contribution in [-0.4, -0.2) is 37.3 Å². The van der Waals surface area contributed by atoms with Gasteiger partial charge < -0.3 is 20.1 Å². The number of benzene rings is 2. The van der Waals surface area contributed by atoms with Crippen LogP contribution in [-0.2, 0) is 27.3 Å². The number of carbonyl (C=O) groups excluding carboxylic acids is 2. The Kier molecular flexibility index (Phi) is 7.44. The van der Waals surface area contributed by atoms with Crippen LogP contribution >= 0.6 is 0 Å². The molecular weight excluding hydrogens is 356 g/mol. The molecule has 0 aliphatic carbocycles. The molecule has 3 rings (SSSR count). The number of hydrogen-bond donors (Lipinski definition) is 2. The number of alkyl carbamates (subject to hydrolysis) is 1.